The summed E-state index contributed by atoms with van der Waals surface area (Å²) in [7, 11) is 1.25. The topological polar surface area (TPSA) is 101 Å². The Kier molecular flexibility index (Phi) is 2.99. The van der Waals surface area contributed by atoms with Gasteiger partial charge in [-0.3, -0.25) is 5.10 Å². The second-order valence-corrected chi connectivity index (χ2v) is 2.44. The van der Waals surface area contributed by atoms with Crippen LogP contribution in [0.15, 0.2) is 6.20 Å². The summed E-state index contributed by atoms with van der Waals surface area (Å²) in [5.41, 5.74) is 5.73. The zero-order chi connectivity index (χ0) is 9.84. The van der Waals surface area contributed by atoms with Crippen LogP contribution in [0.2, 0.25) is 0 Å². The van der Waals surface area contributed by atoms with Crippen molar-refractivity contribution in [3.63, 3.8) is 0 Å². The zero-order valence-electron chi connectivity index (χ0n) is 7.15. The van der Waals surface area contributed by atoms with Gasteiger partial charge in [0.15, 0.2) is 0 Å². The molecular weight excluding hydrogens is 174 g/mol. The second kappa shape index (κ2) is 4.01. The molecule has 0 aliphatic carbocycles. The van der Waals surface area contributed by atoms with E-state index in [2.05, 4.69) is 14.9 Å². The first-order valence-corrected chi connectivity index (χ1v) is 3.70. The number of esters is 1. The van der Waals surface area contributed by atoms with Crippen LogP contribution < -0.4 is 5.73 Å². The number of H-pyrrole nitrogens is 1. The van der Waals surface area contributed by atoms with E-state index in [9.17, 15) is 9.90 Å². The monoisotopic (exact) mass is 185 g/mol. The molecule has 0 saturated carbocycles. The Hall–Kier alpha value is -1.40. The summed E-state index contributed by atoms with van der Waals surface area (Å²) >= 11 is 0. The lowest BCUT2D eigenvalue weighted by Gasteiger charge is -2.06. The SMILES string of the molecule is COC(=O)c1[nH]ncc1C(O)CN. The second-order valence-electron chi connectivity index (χ2n) is 2.44. The molecule has 4 N–H and O–H groups in total. The number of aliphatic hydroxyl groups excluding tert-OH is 1. The van der Waals surface area contributed by atoms with Crippen molar-refractivity contribution in [3.05, 3.63) is 17.5 Å². The number of hydrogen-bond donors (Lipinski definition) is 3. The van der Waals surface area contributed by atoms with E-state index in [1.54, 1.807) is 0 Å². The fourth-order valence-electron chi connectivity index (χ4n) is 0.941. The molecular formula is C7H11N3O3. The molecule has 6 heteroatoms. The number of aliphatic hydroxyl groups is 1. The summed E-state index contributed by atoms with van der Waals surface area (Å²) < 4.78 is 4.47. The molecule has 0 aliphatic heterocycles. The molecule has 0 aromatic carbocycles. The van der Waals surface area contributed by atoms with E-state index in [0.717, 1.165) is 0 Å². The first-order chi connectivity index (χ1) is 6.20. The lowest BCUT2D eigenvalue weighted by molar-refractivity contribution is 0.0587. The van der Waals surface area contributed by atoms with E-state index >= 15 is 0 Å². The summed E-state index contributed by atoms with van der Waals surface area (Å²) in [5, 5.41) is 15.4. The van der Waals surface area contributed by atoms with E-state index in [0.29, 0.717) is 5.56 Å². The highest BCUT2D eigenvalue weighted by molar-refractivity contribution is 5.88. The van der Waals surface area contributed by atoms with Crippen LogP contribution in [0.4, 0.5) is 0 Å². The highest BCUT2D eigenvalue weighted by Crippen LogP contribution is 2.14. The fraction of sp³-hybridized carbons (Fsp3) is 0.429. The van der Waals surface area contributed by atoms with Crippen LogP contribution in [0.5, 0.6) is 0 Å². The third-order valence-electron chi connectivity index (χ3n) is 1.64. The highest BCUT2D eigenvalue weighted by Gasteiger charge is 2.18. The van der Waals surface area contributed by atoms with Crippen molar-refractivity contribution in [1.29, 1.82) is 0 Å². The minimum atomic E-state index is -0.896. The molecule has 6 nitrogen and oxygen atoms in total. The van der Waals surface area contributed by atoms with Crippen molar-refractivity contribution in [2.24, 2.45) is 5.73 Å². The Morgan fingerprint density at radius 3 is 3.15 bits per heavy atom. The van der Waals surface area contributed by atoms with Crippen LogP contribution in [0.25, 0.3) is 0 Å². The van der Waals surface area contributed by atoms with Gasteiger partial charge in [-0.05, 0) is 0 Å². The summed E-state index contributed by atoms with van der Waals surface area (Å²) in [6.45, 7) is 0.0313. The summed E-state index contributed by atoms with van der Waals surface area (Å²) in [6.07, 6.45) is 0.455. The van der Waals surface area contributed by atoms with Gasteiger partial charge in [-0.2, -0.15) is 5.10 Å². The first kappa shape index (κ1) is 9.69. The minimum absolute atomic E-state index is 0.0313. The van der Waals surface area contributed by atoms with Crippen LogP contribution in [0.3, 0.4) is 0 Å². The third-order valence-corrected chi connectivity index (χ3v) is 1.64. The first-order valence-electron chi connectivity index (χ1n) is 3.70. The van der Waals surface area contributed by atoms with Gasteiger partial charge in [0.05, 0.1) is 19.4 Å². The number of nitrogens with two attached hydrogens (primary N) is 1. The van der Waals surface area contributed by atoms with Gasteiger partial charge in [0.25, 0.3) is 0 Å². The van der Waals surface area contributed by atoms with Crippen LogP contribution in [-0.4, -0.2) is 34.9 Å². The van der Waals surface area contributed by atoms with Crippen molar-refractivity contribution < 1.29 is 14.6 Å². The average molecular weight is 185 g/mol. The molecule has 13 heavy (non-hydrogen) atoms. The summed E-state index contributed by atoms with van der Waals surface area (Å²) in [4.78, 5) is 11.1. The molecule has 1 unspecified atom stereocenters. The standard InChI is InChI=1S/C7H11N3O3/c1-13-7(12)6-4(3-9-10-6)5(11)2-8/h3,5,11H,2,8H2,1H3,(H,9,10). The Bertz CT molecular complexity index is 297. The van der Waals surface area contributed by atoms with Crippen LogP contribution in [0.1, 0.15) is 22.2 Å². The number of hydrogen-bond acceptors (Lipinski definition) is 5. The largest absolute Gasteiger partial charge is 0.464 e. The zero-order valence-corrected chi connectivity index (χ0v) is 7.15. The van der Waals surface area contributed by atoms with Gasteiger partial charge in [0.2, 0.25) is 0 Å². The number of aromatic amines is 1. The molecule has 1 rings (SSSR count). The van der Waals surface area contributed by atoms with E-state index in [1.165, 1.54) is 13.3 Å². The quantitative estimate of drug-likeness (QED) is 0.534. The number of ether oxygens (including phenoxy) is 1. The van der Waals surface area contributed by atoms with Crippen molar-refractivity contribution in [2.45, 2.75) is 6.10 Å². The predicted octanol–water partition coefficient (Wildman–Crippen LogP) is -0.812. The highest BCUT2D eigenvalue weighted by atomic mass is 16.5. The number of rotatable bonds is 3. The summed E-state index contributed by atoms with van der Waals surface area (Å²) in [6, 6.07) is 0. The number of aromatic nitrogens is 2. The van der Waals surface area contributed by atoms with Crippen molar-refractivity contribution in [2.75, 3.05) is 13.7 Å². The molecule has 1 heterocycles. The Morgan fingerprint density at radius 2 is 2.62 bits per heavy atom. The third kappa shape index (κ3) is 1.85. The lowest BCUT2D eigenvalue weighted by atomic mass is 10.1. The van der Waals surface area contributed by atoms with E-state index < -0.39 is 12.1 Å². The van der Waals surface area contributed by atoms with Gasteiger partial charge in [-0.1, -0.05) is 0 Å². The van der Waals surface area contributed by atoms with Gasteiger partial charge in [0, 0.05) is 12.1 Å². The average Bonchev–Trinajstić information content (AvgIpc) is 2.63. The lowest BCUT2D eigenvalue weighted by Crippen LogP contribution is -2.15. The molecule has 1 aromatic rings. The maximum atomic E-state index is 11.1. The van der Waals surface area contributed by atoms with Gasteiger partial charge in [-0.15, -0.1) is 0 Å². The van der Waals surface area contributed by atoms with Crippen LogP contribution in [0, 0.1) is 0 Å². The molecule has 0 amide bonds. The van der Waals surface area contributed by atoms with Crippen molar-refractivity contribution >= 4 is 5.97 Å². The molecule has 0 bridgehead atoms. The number of nitrogens with zero attached hydrogens (tertiary/aromatic N) is 1. The molecule has 72 valence electrons. The molecule has 0 saturated heterocycles. The number of carbonyl (C=O) groups is 1. The molecule has 1 aromatic heterocycles. The summed E-state index contributed by atoms with van der Waals surface area (Å²) in [5.74, 6) is -0.569. The Balaban J connectivity index is 2.95. The Morgan fingerprint density at radius 1 is 1.92 bits per heavy atom. The molecule has 0 aliphatic rings. The van der Waals surface area contributed by atoms with Crippen LogP contribution in [-0.2, 0) is 4.74 Å². The van der Waals surface area contributed by atoms with Gasteiger partial charge >= 0.3 is 5.97 Å². The van der Waals surface area contributed by atoms with Gasteiger partial charge in [-0.25, -0.2) is 4.79 Å². The molecule has 0 radical (unpaired) electrons. The normalized spacial score (nSPS) is 12.5. The number of methoxy groups -OCH3 is 1. The maximum absolute atomic E-state index is 11.1. The van der Waals surface area contributed by atoms with Gasteiger partial charge < -0.3 is 15.6 Å². The molecule has 1 atom stereocenters. The van der Waals surface area contributed by atoms with Crippen LogP contribution >= 0.6 is 0 Å². The number of carbonyl (C=O) groups excluding carboxylic acids is 1. The number of nitrogens with one attached hydrogen (secondary N) is 1. The van der Waals surface area contributed by atoms with Crippen molar-refractivity contribution in [3.8, 4) is 0 Å². The van der Waals surface area contributed by atoms with E-state index in [1.807, 2.05) is 0 Å². The predicted molar refractivity (Wildman–Crippen MR) is 43.9 cm³/mol. The maximum Gasteiger partial charge on any atom is 0.356 e. The Labute approximate surface area is 74.7 Å². The molecule has 0 fully saturated rings. The van der Waals surface area contributed by atoms with Gasteiger partial charge in [0.1, 0.15) is 5.69 Å². The minimum Gasteiger partial charge on any atom is -0.464 e. The van der Waals surface area contributed by atoms with E-state index in [4.69, 9.17) is 5.73 Å². The van der Waals surface area contributed by atoms with Crippen molar-refractivity contribution in [1.82, 2.24) is 10.2 Å². The fourth-order valence-corrected chi connectivity index (χ4v) is 0.941. The van der Waals surface area contributed by atoms with E-state index in [-0.39, 0.29) is 12.2 Å². The smallest absolute Gasteiger partial charge is 0.356 e. The molecule has 0 spiro atoms.